The Balaban J connectivity index is 1.80. The SMILES string of the molecule is CCc1ccncc1N1C(NC(NC(=O)c2ccc(Cl)cc2F)C(C)(C)C)N1C#N. The molecule has 9 heteroatoms. The van der Waals surface area contributed by atoms with Gasteiger partial charge in [0.05, 0.1) is 23.6 Å². The molecule has 1 aromatic heterocycles. The number of nitrogens with one attached hydrogen (secondary N) is 2. The lowest BCUT2D eigenvalue weighted by Crippen LogP contribution is -2.55. The Hall–Kier alpha value is -2.89. The highest BCUT2D eigenvalue weighted by Gasteiger charge is 2.49. The number of rotatable bonds is 6. The minimum atomic E-state index is -0.692. The van der Waals surface area contributed by atoms with Crippen molar-refractivity contribution in [1.29, 1.82) is 5.26 Å². The van der Waals surface area contributed by atoms with Crippen LogP contribution in [0, 0.1) is 22.7 Å². The molecule has 0 saturated carbocycles. The lowest BCUT2D eigenvalue weighted by atomic mass is 9.92. The van der Waals surface area contributed by atoms with Crippen molar-refractivity contribution in [2.45, 2.75) is 46.6 Å². The molecule has 2 heterocycles. The van der Waals surface area contributed by atoms with Crippen molar-refractivity contribution in [3.63, 3.8) is 0 Å². The zero-order valence-corrected chi connectivity index (χ0v) is 18.0. The number of carbonyl (C=O) groups excluding carboxylic acids is 1. The maximum Gasteiger partial charge on any atom is 0.255 e. The summed E-state index contributed by atoms with van der Waals surface area (Å²) in [6.45, 7) is 7.84. The lowest BCUT2D eigenvalue weighted by Gasteiger charge is -2.32. The molecule has 2 unspecified atom stereocenters. The average Bonchev–Trinajstić information content (AvgIpc) is 3.38. The molecule has 1 aliphatic heterocycles. The highest BCUT2D eigenvalue weighted by atomic mass is 35.5. The number of amides is 1. The van der Waals surface area contributed by atoms with Gasteiger partial charge in [0.1, 0.15) is 5.82 Å². The summed E-state index contributed by atoms with van der Waals surface area (Å²) in [4.78, 5) is 16.9. The third kappa shape index (κ3) is 4.48. The molecule has 158 valence electrons. The zero-order valence-electron chi connectivity index (χ0n) is 17.3. The largest absolute Gasteiger partial charge is 0.336 e. The van der Waals surface area contributed by atoms with Gasteiger partial charge in [-0.05, 0) is 41.7 Å². The molecule has 30 heavy (non-hydrogen) atoms. The number of hydrogen-bond acceptors (Lipinski definition) is 6. The van der Waals surface area contributed by atoms with E-state index < -0.39 is 29.6 Å². The third-order valence-corrected chi connectivity index (χ3v) is 5.13. The van der Waals surface area contributed by atoms with E-state index in [1.54, 1.807) is 17.4 Å². The molecule has 0 spiro atoms. The number of hydrazine groups is 1. The van der Waals surface area contributed by atoms with Gasteiger partial charge in [-0.1, -0.05) is 39.3 Å². The van der Waals surface area contributed by atoms with E-state index in [4.69, 9.17) is 11.6 Å². The van der Waals surface area contributed by atoms with E-state index in [1.165, 1.54) is 17.1 Å². The number of carbonyl (C=O) groups is 1. The van der Waals surface area contributed by atoms with E-state index in [0.717, 1.165) is 23.7 Å². The van der Waals surface area contributed by atoms with Crippen LogP contribution in [0.4, 0.5) is 10.1 Å². The van der Waals surface area contributed by atoms with E-state index >= 15 is 0 Å². The van der Waals surface area contributed by atoms with Crippen molar-refractivity contribution in [2.24, 2.45) is 5.41 Å². The predicted octanol–water partition coefficient (Wildman–Crippen LogP) is 3.63. The zero-order chi connectivity index (χ0) is 22.1. The number of halogens is 2. The van der Waals surface area contributed by atoms with Gasteiger partial charge in [-0.2, -0.15) is 10.3 Å². The van der Waals surface area contributed by atoms with Crippen molar-refractivity contribution in [2.75, 3.05) is 5.01 Å². The minimum Gasteiger partial charge on any atom is -0.336 e. The molecule has 2 aromatic rings. The second-order valence-electron chi connectivity index (χ2n) is 8.08. The number of anilines is 1. The number of aryl methyl sites for hydroxylation is 1. The molecule has 3 rings (SSSR count). The Morgan fingerprint density at radius 2 is 2.13 bits per heavy atom. The van der Waals surface area contributed by atoms with Crippen LogP contribution in [0.15, 0.2) is 36.7 Å². The summed E-state index contributed by atoms with van der Waals surface area (Å²) in [6, 6.07) is 5.83. The fraction of sp³-hybridized carbons (Fsp3) is 0.381. The van der Waals surface area contributed by atoms with Crippen LogP contribution < -0.4 is 15.6 Å². The molecule has 1 saturated heterocycles. The van der Waals surface area contributed by atoms with Crippen molar-refractivity contribution < 1.29 is 9.18 Å². The second kappa shape index (κ2) is 8.46. The highest BCUT2D eigenvalue weighted by molar-refractivity contribution is 6.30. The van der Waals surface area contributed by atoms with Gasteiger partial charge in [0, 0.05) is 11.2 Å². The van der Waals surface area contributed by atoms with Crippen molar-refractivity contribution in [3.8, 4) is 6.19 Å². The Morgan fingerprint density at radius 3 is 2.73 bits per heavy atom. The van der Waals surface area contributed by atoms with Gasteiger partial charge in [0.25, 0.3) is 5.91 Å². The Kier molecular flexibility index (Phi) is 6.15. The Morgan fingerprint density at radius 1 is 1.40 bits per heavy atom. The highest BCUT2D eigenvalue weighted by Crippen LogP contribution is 2.35. The quantitative estimate of drug-likeness (QED) is 0.413. The van der Waals surface area contributed by atoms with Crippen LogP contribution in [0.5, 0.6) is 0 Å². The van der Waals surface area contributed by atoms with E-state index in [0.29, 0.717) is 0 Å². The summed E-state index contributed by atoms with van der Waals surface area (Å²) in [5.41, 5.74) is 1.35. The van der Waals surface area contributed by atoms with Gasteiger partial charge in [-0.25, -0.2) is 9.40 Å². The van der Waals surface area contributed by atoms with Crippen molar-refractivity contribution in [1.82, 2.24) is 20.6 Å². The van der Waals surface area contributed by atoms with Crippen molar-refractivity contribution in [3.05, 3.63) is 58.6 Å². The molecular weight excluding hydrogens is 407 g/mol. The fourth-order valence-corrected chi connectivity index (χ4v) is 3.28. The summed E-state index contributed by atoms with van der Waals surface area (Å²) in [5.74, 6) is -1.26. The van der Waals surface area contributed by atoms with E-state index in [1.807, 2.05) is 33.8 Å². The lowest BCUT2D eigenvalue weighted by molar-refractivity contribution is 0.0874. The maximum absolute atomic E-state index is 14.2. The molecule has 1 aromatic carbocycles. The summed E-state index contributed by atoms with van der Waals surface area (Å²) in [6.07, 6.45) is 5.33. The summed E-state index contributed by atoms with van der Waals surface area (Å²) in [7, 11) is 0. The van der Waals surface area contributed by atoms with E-state index in [2.05, 4.69) is 21.8 Å². The number of aromatic nitrogens is 1. The smallest absolute Gasteiger partial charge is 0.255 e. The topological polar surface area (TPSA) is 83.8 Å². The molecule has 1 aliphatic rings. The van der Waals surface area contributed by atoms with E-state index in [9.17, 15) is 14.4 Å². The summed E-state index contributed by atoms with van der Waals surface area (Å²) < 4.78 is 14.2. The predicted molar refractivity (Wildman–Crippen MR) is 113 cm³/mol. The minimum absolute atomic E-state index is 0.0965. The summed E-state index contributed by atoms with van der Waals surface area (Å²) in [5, 5.41) is 19.1. The van der Waals surface area contributed by atoms with Crippen molar-refractivity contribution >= 4 is 23.2 Å². The normalized spacial score (nSPS) is 16.8. The molecule has 1 amide bonds. The first-order valence-corrected chi connectivity index (χ1v) is 9.98. The van der Waals surface area contributed by atoms with E-state index in [-0.39, 0.29) is 10.6 Å². The molecular formula is C21H24ClFN6O. The first-order valence-electron chi connectivity index (χ1n) is 9.60. The number of pyridine rings is 1. The molecule has 1 fully saturated rings. The van der Waals surface area contributed by atoms with Gasteiger partial charge < -0.3 is 5.32 Å². The van der Waals surface area contributed by atoms with Crippen LogP contribution in [0.1, 0.15) is 43.6 Å². The van der Waals surface area contributed by atoms with Gasteiger partial charge in [0.15, 0.2) is 0 Å². The monoisotopic (exact) mass is 430 g/mol. The molecule has 2 atom stereocenters. The van der Waals surface area contributed by atoms with Crippen LogP contribution in [-0.4, -0.2) is 28.4 Å². The van der Waals surface area contributed by atoms with Gasteiger partial charge in [-0.3, -0.25) is 15.1 Å². The van der Waals surface area contributed by atoms with Crippen LogP contribution in [0.3, 0.4) is 0 Å². The Bertz CT molecular complexity index is 986. The Labute approximate surface area is 180 Å². The first kappa shape index (κ1) is 21.8. The standard InChI is InChI=1S/C21H24ClFN6O/c1-5-13-8-9-25-11-17(13)29-20(28(29)12-24)27-19(21(2,3)4)26-18(30)15-7-6-14(22)10-16(15)23/h6-11,19-20,27H,5H2,1-4H3,(H,26,30). The molecule has 7 nitrogen and oxygen atoms in total. The van der Waals surface area contributed by atoms with Crippen LogP contribution >= 0.6 is 11.6 Å². The first-order chi connectivity index (χ1) is 14.2. The maximum atomic E-state index is 14.2. The van der Waals surface area contributed by atoms with Crippen LogP contribution in [0.25, 0.3) is 0 Å². The van der Waals surface area contributed by atoms with Crippen LogP contribution in [0.2, 0.25) is 5.02 Å². The number of hydrogen-bond donors (Lipinski definition) is 2. The summed E-state index contributed by atoms with van der Waals surface area (Å²) >= 11 is 5.78. The molecule has 0 radical (unpaired) electrons. The van der Waals surface area contributed by atoms with Crippen LogP contribution in [-0.2, 0) is 6.42 Å². The number of benzene rings is 1. The fourth-order valence-electron chi connectivity index (χ4n) is 3.12. The number of nitrogens with zero attached hydrogens (tertiary/aromatic N) is 4. The molecule has 0 aliphatic carbocycles. The second-order valence-corrected chi connectivity index (χ2v) is 8.52. The van der Waals surface area contributed by atoms with Gasteiger partial charge in [-0.15, -0.1) is 0 Å². The third-order valence-electron chi connectivity index (χ3n) is 4.89. The molecule has 0 bridgehead atoms. The average molecular weight is 431 g/mol. The molecule has 2 N–H and O–H groups in total. The number of nitriles is 1. The van der Waals surface area contributed by atoms with Gasteiger partial charge in [0.2, 0.25) is 12.5 Å². The van der Waals surface area contributed by atoms with Gasteiger partial charge >= 0.3 is 0 Å².